The third-order valence-corrected chi connectivity index (χ3v) is 13.5. The molecule has 0 spiro atoms. The maximum atomic E-state index is 12.6. The number of allylic oxidation sites excluding steroid dienone is 2. The van der Waals surface area contributed by atoms with Crippen molar-refractivity contribution in [3.05, 3.63) is 11.6 Å². The van der Waals surface area contributed by atoms with Gasteiger partial charge < -0.3 is 9.53 Å². The Morgan fingerprint density at radius 1 is 0.909 bits per heavy atom. The van der Waals surface area contributed by atoms with Gasteiger partial charge in [-0.3, -0.25) is 0 Å². The van der Waals surface area contributed by atoms with E-state index in [-0.39, 0.29) is 16.2 Å². The van der Waals surface area contributed by atoms with Crippen molar-refractivity contribution in [2.24, 2.45) is 56.7 Å². The lowest BCUT2D eigenvalue weighted by atomic mass is 9.33. The van der Waals surface area contributed by atoms with Crippen LogP contribution in [0.1, 0.15) is 106 Å². The summed E-state index contributed by atoms with van der Waals surface area (Å²) in [7, 11) is 1.92. The number of hydrogen-bond donors (Lipinski definition) is 0. The minimum Gasteiger partial charge on any atom is -0.381 e. The fourth-order valence-electron chi connectivity index (χ4n) is 11.2. The van der Waals surface area contributed by atoms with Gasteiger partial charge in [-0.25, -0.2) is 0 Å². The molecule has 1 unspecified atom stereocenters. The monoisotopic (exact) mass is 454 g/mol. The van der Waals surface area contributed by atoms with Gasteiger partial charge in [-0.05, 0) is 109 Å². The van der Waals surface area contributed by atoms with E-state index in [1.165, 1.54) is 51.2 Å². The Morgan fingerprint density at radius 2 is 1.64 bits per heavy atom. The van der Waals surface area contributed by atoms with Crippen molar-refractivity contribution < 1.29 is 9.53 Å². The van der Waals surface area contributed by atoms with Crippen molar-refractivity contribution in [3.8, 4) is 0 Å². The van der Waals surface area contributed by atoms with E-state index >= 15 is 0 Å². The molecule has 2 heteroatoms. The predicted molar refractivity (Wildman–Crippen MR) is 136 cm³/mol. The Morgan fingerprint density at radius 3 is 2.30 bits per heavy atom. The lowest BCUT2D eigenvalue weighted by Gasteiger charge is -2.71. The molecular formula is C31H50O2. The Balaban J connectivity index is 1.59. The van der Waals surface area contributed by atoms with E-state index in [2.05, 4.69) is 54.5 Å². The molecule has 0 bridgehead atoms. The van der Waals surface area contributed by atoms with Gasteiger partial charge in [-0.1, -0.05) is 60.1 Å². The van der Waals surface area contributed by atoms with E-state index in [0.29, 0.717) is 28.8 Å². The predicted octanol–water partition coefficient (Wildman–Crippen LogP) is 7.86. The second-order valence-electron chi connectivity index (χ2n) is 14.6. The highest BCUT2D eigenvalue weighted by molar-refractivity contribution is 5.63. The summed E-state index contributed by atoms with van der Waals surface area (Å²) >= 11 is 0. The molecule has 0 aromatic heterocycles. The van der Waals surface area contributed by atoms with Gasteiger partial charge in [0, 0.05) is 12.5 Å². The maximum Gasteiger partial charge on any atom is 0.126 e. The van der Waals surface area contributed by atoms with Crippen molar-refractivity contribution >= 4 is 6.29 Å². The molecule has 10 atom stereocenters. The number of aldehydes is 1. The van der Waals surface area contributed by atoms with Crippen molar-refractivity contribution in [1.29, 1.82) is 0 Å². The Labute approximate surface area is 203 Å². The highest BCUT2D eigenvalue weighted by Gasteiger charge is 2.68. The standard InChI is InChI=1S/C31H50O2/c1-20-11-16-31(19-32)18-17-29(6)22(26(31)21(20)2)9-10-24-28(5)14-13-25(33-8)27(3,4)23(28)12-15-30(24,29)7/h9,19-21,23-26H,10-18H2,1-8H3/t20-,21+,23?,24-,25+,26+,28+,29-,30-,31-/m1/s1. The van der Waals surface area contributed by atoms with E-state index < -0.39 is 0 Å². The van der Waals surface area contributed by atoms with E-state index in [9.17, 15) is 4.79 Å². The molecule has 0 saturated heterocycles. The Bertz CT molecular complexity index is 842. The summed E-state index contributed by atoms with van der Waals surface area (Å²) in [5.41, 5.74) is 2.77. The quantitative estimate of drug-likeness (QED) is 0.313. The second-order valence-corrected chi connectivity index (χ2v) is 14.6. The van der Waals surface area contributed by atoms with E-state index in [0.717, 1.165) is 30.6 Å². The number of hydrogen-bond acceptors (Lipinski definition) is 2. The minimum atomic E-state index is -0.0971. The molecule has 4 saturated carbocycles. The van der Waals surface area contributed by atoms with E-state index in [4.69, 9.17) is 4.74 Å². The number of carbonyl (C=O) groups is 1. The fourth-order valence-corrected chi connectivity index (χ4v) is 11.2. The fraction of sp³-hybridized carbons (Fsp3) is 0.903. The zero-order valence-electron chi connectivity index (χ0n) is 22.8. The average Bonchev–Trinajstić information content (AvgIpc) is 2.76. The molecule has 0 aromatic rings. The van der Waals surface area contributed by atoms with Gasteiger partial charge in [-0.2, -0.15) is 0 Å². The molecule has 5 aliphatic carbocycles. The highest BCUT2D eigenvalue weighted by Crippen LogP contribution is 2.75. The van der Waals surface area contributed by atoms with Crippen LogP contribution in [0.15, 0.2) is 11.6 Å². The minimum absolute atomic E-state index is 0.0971. The molecule has 0 aromatic carbocycles. The molecule has 33 heavy (non-hydrogen) atoms. The van der Waals surface area contributed by atoms with Crippen LogP contribution in [0.4, 0.5) is 0 Å². The molecule has 0 amide bonds. The van der Waals surface area contributed by atoms with Crippen molar-refractivity contribution in [2.75, 3.05) is 7.11 Å². The molecular weight excluding hydrogens is 404 g/mol. The zero-order chi connectivity index (χ0) is 24.0. The van der Waals surface area contributed by atoms with Crippen LogP contribution in [0.2, 0.25) is 0 Å². The molecule has 0 heterocycles. The summed E-state index contributed by atoms with van der Waals surface area (Å²) < 4.78 is 6.03. The first-order chi connectivity index (χ1) is 15.4. The van der Waals surface area contributed by atoms with Gasteiger partial charge in [0.15, 0.2) is 0 Å². The lowest BCUT2D eigenvalue weighted by Crippen LogP contribution is -2.65. The average molecular weight is 455 g/mol. The van der Waals surface area contributed by atoms with Crippen molar-refractivity contribution in [3.63, 3.8) is 0 Å². The van der Waals surface area contributed by atoms with Gasteiger partial charge in [0.05, 0.1) is 6.10 Å². The molecule has 5 aliphatic rings. The number of carbonyl (C=O) groups excluding carboxylic acids is 1. The Kier molecular flexibility index (Phi) is 5.43. The molecule has 0 radical (unpaired) electrons. The van der Waals surface area contributed by atoms with Crippen LogP contribution in [0, 0.1) is 56.7 Å². The van der Waals surface area contributed by atoms with Crippen molar-refractivity contribution in [2.45, 2.75) is 112 Å². The number of fused-ring (bicyclic) bond motifs is 7. The van der Waals surface area contributed by atoms with Gasteiger partial charge in [0.25, 0.3) is 0 Å². The molecule has 186 valence electrons. The molecule has 5 rings (SSSR count). The SMILES string of the molecule is CO[C@H]1CC[C@@]2(C)C(CC[C@]3(C)[C@@H]2CC=C2[C@@H]4[C@@H](C)[C@H](C)CC[C@]4(C=O)CC[C@]23C)C1(C)C. The molecule has 0 aliphatic heterocycles. The zero-order valence-corrected chi connectivity index (χ0v) is 22.8. The van der Waals surface area contributed by atoms with Crippen molar-refractivity contribution in [1.82, 2.24) is 0 Å². The van der Waals surface area contributed by atoms with Crippen LogP contribution in [0.25, 0.3) is 0 Å². The summed E-state index contributed by atoms with van der Waals surface area (Å²) in [5, 5.41) is 0. The van der Waals surface area contributed by atoms with Gasteiger partial charge in [0.1, 0.15) is 6.29 Å². The number of ether oxygens (including phenoxy) is 1. The number of methoxy groups -OCH3 is 1. The molecule has 2 nitrogen and oxygen atoms in total. The first kappa shape index (κ1) is 24.1. The van der Waals surface area contributed by atoms with Crippen LogP contribution < -0.4 is 0 Å². The van der Waals surface area contributed by atoms with Gasteiger partial charge in [0.2, 0.25) is 0 Å². The summed E-state index contributed by atoms with van der Waals surface area (Å²) in [6.45, 7) is 17.8. The first-order valence-electron chi connectivity index (χ1n) is 14.1. The molecule has 0 N–H and O–H groups in total. The second kappa shape index (κ2) is 7.44. The van der Waals surface area contributed by atoms with Gasteiger partial charge >= 0.3 is 0 Å². The largest absolute Gasteiger partial charge is 0.381 e. The topological polar surface area (TPSA) is 26.3 Å². The van der Waals surface area contributed by atoms with Crippen LogP contribution >= 0.6 is 0 Å². The maximum absolute atomic E-state index is 12.6. The lowest BCUT2D eigenvalue weighted by molar-refractivity contribution is -0.207. The summed E-state index contributed by atoms with van der Waals surface area (Å²) in [5.74, 6) is 3.25. The first-order valence-corrected chi connectivity index (χ1v) is 14.1. The van der Waals surface area contributed by atoms with E-state index in [1.807, 2.05) is 7.11 Å². The van der Waals surface area contributed by atoms with Crippen LogP contribution in [-0.4, -0.2) is 19.5 Å². The number of rotatable bonds is 2. The van der Waals surface area contributed by atoms with E-state index in [1.54, 1.807) is 5.57 Å². The Hall–Kier alpha value is -0.630. The molecule has 4 fully saturated rings. The third-order valence-electron chi connectivity index (χ3n) is 13.5. The normalized spacial score (nSPS) is 55.3. The summed E-state index contributed by atoms with van der Waals surface area (Å²) in [4.78, 5) is 12.6. The third kappa shape index (κ3) is 2.85. The summed E-state index contributed by atoms with van der Waals surface area (Å²) in [6.07, 6.45) is 15.5. The smallest absolute Gasteiger partial charge is 0.126 e. The van der Waals surface area contributed by atoms with Gasteiger partial charge in [-0.15, -0.1) is 0 Å². The highest BCUT2D eigenvalue weighted by atomic mass is 16.5. The van der Waals surface area contributed by atoms with Crippen LogP contribution in [0.5, 0.6) is 0 Å². The van der Waals surface area contributed by atoms with Crippen LogP contribution in [-0.2, 0) is 9.53 Å². The summed E-state index contributed by atoms with van der Waals surface area (Å²) in [6, 6.07) is 0. The van der Waals surface area contributed by atoms with Crippen LogP contribution in [0.3, 0.4) is 0 Å².